The van der Waals surface area contributed by atoms with Crippen LogP contribution < -0.4 is 10.9 Å². The monoisotopic (exact) mass is 307 g/mol. The van der Waals surface area contributed by atoms with Gasteiger partial charge in [-0.3, -0.25) is 25.2 Å². The van der Waals surface area contributed by atoms with Gasteiger partial charge in [0.15, 0.2) is 0 Å². The van der Waals surface area contributed by atoms with Crippen LogP contribution in [0.1, 0.15) is 57.8 Å². The maximum absolute atomic E-state index is 12.2. The van der Waals surface area contributed by atoms with E-state index < -0.39 is 0 Å². The quantitative estimate of drug-likeness (QED) is 0.767. The van der Waals surface area contributed by atoms with E-state index in [1.807, 2.05) is 4.90 Å². The number of nitrogens with zero attached hydrogens (tertiary/aromatic N) is 1. The molecule has 6 nitrogen and oxygen atoms in total. The molecule has 0 unspecified atom stereocenters. The van der Waals surface area contributed by atoms with Crippen molar-refractivity contribution in [2.45, 2.75) is 63.8 Å². The third-order valence-corrected chi connectivity index (χ3v) is 5.33. The number of amides is 3. The smallest absolute Gasteiger partial charge is 0.243 e. The fraction of sp³-hybridized carbons (Fsp3) is 0.812. The fourth-order valence-corrected chi connectivity index (χ4v) is 3.99. The highest BCUT2D eigenvalue weighted by molar-refractivity contribution is 5.90. The molecule has 1 heterocycles. The van der Waals surface area contributed by atoms with E-state index in [1.165, 1.54) is 12.8 Å². The standard InChI is InChI=1S/C16H25N3O3/c20-14-9-12(10-19(14)13-7-3-4-8-13)16(22)18-17-15(21)11-5-1-2-6-11/h11-13H,1-10H2,(H,17,21)(H,18,22)/t12-/m1/s1. The summed E-state index contributed by atoms with van der Waals surface area (Å²) in [4.78, 5) is 38.0. The maximum Gasteiger partial charge on any atom is 0.243 e. The van der Waals surface area contributed by atoms with Crippen molar-refractivity contribution in [1.29, 1.82) is 0 Å². The summed E-state index contributed by atoms with van der Waals surface area (Å²) >= 11 is 0. The van der Waals surface area contributed by atoms with Gasteiger partial charge in [0, 0.05) is 24.9 Å². The Morgan fingerprint density at radius 2 is 1.41 bits per heavy atom. The van der Waals surface area contributed by atoms with Gasteiger partial charge in [-0.2, -0.15) is 0 Å². The lowest BCUT2D eigenvalue weighted by molar-refractivity contribution is -0.133. The number of carbonyl (C=O) groups is 3. The third kappa shape index (κ3) is 3.25. The molecule has 3 fully saturated rings. The highest BCUT2D eigenvalue weighted by atomic mass is 16.2. The van der Waals surface area contributed by atoms with Crippen LogP contribution in [0.2, 0.25) is 0 Å². The molecule has 0 spiro atoms. The lowest BCUT2D eigenvalue weighted by Crippen LogP contribution is -2.47. The number of hydrogen-bond acceptors (Lipinski definition) is 3. The lowest BCUT2D eigenvalue weighted by Gasteiger charge is -2.23. The first-order valence-corrected chi connectivity index (χ1v) is 8.54. The van der Waals surface area contributed by atoms with Crippen LogP contribution in [0.15, 0.2) is 0 Å². The van der Waals surface area contributed by atoms with E-state index in [0.29, 0.717) is 12.6 Å². The van der Waals surface area contributed by atoms with E-state index in [1.54, 1.807) is 0 Å². The first-order valence-electron chi connectivity index (χ1n) is 8.54. The van der Waals surface area contributed by atoms with Gasteiger partial charge in [-0.15, -0.1) is 0 Å². The van der Waals surface area contributed by atoms with Crippen LogP contribution in [-0.2, 0) is 14.4 Å². The van der Waals surface area contributed by atoms with Crippen molar-refractivity contribution in [3.63, 3.8) is 0 Å². The third-order valence-electron chi connectivity index (χ3n) is 5.33. The zero-order chi connectivity index (χ0) is 15.5. The zero-order valence-electron chi connectivity index (χ0n) is 13.0. The predicted octanol–water partition coefficient (Wildman–Crippen LogP) is 1.12. The Kier molecular flexibility index (Phi) is 4.64. The van der Waals surface area contributed by atoms with Gasteiger partial charge in [-0.1, -0.05) is 25.7 Å². The van der Waals surface area contributed by atoms with Crippen molar-refractivity contribution < 1.29 is 14.4 Å². The van der Waals surface area contributed by atoms with Crippen LogP contribution >= 0.6 is 0 Å². The average Bonchev–Trinajstić information content (AvgIpc) is 3.24. The SMILES string of the molecule is O=C(NNC(=O)[C@@H]1CC(=O)N(C2CCCC2)C1)C1CCCC1. The molecular weight excluding hydrogens is 282 g/mol. The molecule has 0 aromatic carbocycles. The fourth-order valence-electron chi connectivity index (χ4n) is 3.99. The van der Waals surface area contributed by atoms with Crippen molar-refractivity contribution in [3.05, 3.63) is 0 Å². The summed E-state index contributed by atoms with van der Waals surface area (Å²) in [5.74, 6) is -0.560. The molecular formula is C16H25N3O3. The van der Waals surface area contributed by atoms with Crippen molar-refractivity contribution >= 4 is 17.7 Å². The van der Waals surface area contributed by atoms with E-state index in [9.17, 15) is 14.4 Å². The van der Waals surface area contributed by atoms with E-state index in [2.05, 4.69) is 10.9 Å². The Bertz CT molecular complexity index is 454. The van der Waals surface area contributed by atoms with Gasteiger partial charge in [0.25, 0.3) is 0 Å². The number of carbonyl (C=O) groups excluding carboxylic acids is 3. The number of nitrogens with one attached hydrogen (secondary N) is 2. The first kappa shape index (κ1) is 15.3. The lowest BCUT2D eigenvalue weighted by atomic mass is 10.1. The second-order valence-electron chi connectivity index (χ2n) is 6.85. The number of hydrazine groups is 1. The van der Waals surface area contributed by atoms with E-state index in [-0.39, 0.29) is 36.0 Å². The normalized spacial score (nSPS) is 26.6. The number of rotatable bonds is 3. The Balaban J connectivity index is 1.46. The average molecular weight is 307 g/mol. The Morgan fingerprint density at radius 1 is 0.864 bits per heavy atom. The summed E-state index contributed by atoms with van der Waals surface area (Å²) in [5, 5.41) is 0. The van der Waals surface area contributed by atoms with Gasteiger partial charge in [-0.05, 0) is 25.7 Å². The Morgan fingerprint density at radius 3 is 2.05 bits per heavy atom. The largest absolute Gasteiger partial charge is 0.339 e. The highest BCUT2D eigenvalue weighted by Gasteiger charge is 2.38. The van der Waals surface area contributed by atoms with Crippen molar-refractivity contribution in [1.82, 2.24) is 15.8 Å². The molecule has 2 saturated carbocycles. The minimum Gasteiger partial charge on any atom is -0.339 e. The minimum atomic E-state index is -0.336. The Labute approximate surface area is 131 Å². The van der Waals surface area contributed by atoms with Gasteiger partial charge >= 0.3 is 0 Å². The van der Waals surface area contributed by atoms with Crippen molar-refractivity contribution in [2.24, 2.45) is 11.8 Å². The number of likely N-dealkylation sites (tertiary alicyclic amines) is 1. The summed E-state index contributed by atoms with van der Waals surface area (Å²) in [5.41, 5.74) is 5.05. The van der Waals surface area contributed by atoms with Crippen molar-refractivity contribution in [3.8, 4) is 0 Å². The summed E-state index contributed by atoms with van der Waals surface area (Å²) in [6.45, 7) is 0.495. The van der Waals surface area contributed by atoms with E-state index >= 15 is 0 Å². The topological polar surface area (TPSA) is 78.5 Å². The summed E-state index contributed by atoms with van der Waals surface area (Å²) in [6.07, 6.45) is 8.68. The summed E-state index contributed by atoms with van der Waals surface area (Å²) in [6, 6.07) is 0.318. The molecule has 0 aromatic rings. The van der Waals surface area contributed by atoms with Crippen LogP contribution in [0.25, 0.3) is 0 Å². The molecule has 122 valence electrons. The summed E-state index contributed by atoms with van der Waals surface area (Å²) < 4.78 is 0. The molecule has 6 heteroatoms. The van der Waals surface area contributed by atoms with Crippen LogP contribution in [0, 0.1) is 11.8 Å². The second-order valence-corrected chi connectivity index (χ2v) is 6.85. The molecule has 3 aliphatic rings. The van der Waals surface area contributed by atoms with Gasteiger partial charge < -0.3 is 4.90 Å². The molecule has 1 saturated heterocycles. The van der Waals surface area contributed by atoms with E-state index in [4.69, 9.17) is 0 Å². The van der Waals surface area contributed by atoms with Crippen LogP contribution in [0.4, 0.5) is 0 Å². The second kappa shape index (κ2) is 6.67. The molecule has 3 rings (SSSR count). The van der Waals surface area contributed by atoms with Gasteiger partial charge in [0.2, 0.25) is 17.7 Å². The van der Waals surface area contributed by atoms with Crippen molar-refractivity contribution in [2.75, 3.05) is 6.54 Å². The Hall–Kier alpha value is -1.59. The molecule has 3 amide bonds. The molecule has 0 aromatic heterocycles. The zero-order valence-corrected chi connectivity index (χ0v) is 13.0. The molecule has 2 aliphatic carbocycles. The first-order chi connectivity index (χ1) is 10.6. The van der Waals surface area contributed by atoms with E-state index in [0.717, 1.165) is 38.5 Å². The van der Waals surface area contributed by atoms with Gasteiger partial charge in [0.1, 0.15) is 0 Å². The van der Waals surface area contributed by atoms with Gasteiger partial charge in [0.05, 0.1) is 5.92 Å². The molecule has 0 radical (unpaired) electrons. The summed E-state index contributed by atoms with van der Waals surface area (Å²) in [7, 11) is 0. The van der Waals surface area contributed by atoms with Crippen LogP contribution in [0.5, 0.6) is 0 Å². The van der Waals surface area contributed by atoms with Crippen LogP contribution in [-0.4, -0.2) is 35.2 Å². The molecule has 1 atom stereocenters. The number of hydrogen-bond donors (Lipinski definition) is 2. The maximum atomic E-state index is 12.2. The molecule has 0 bridgehead atoms. The van der Waals surface area contributed by atoms with Gasteiger partial charge in [-0.25, -0.2) is 0 Å². The molecule has 2 N–H and O–H groups in total. The minimum absolute atomic E-state index is 0.0282. The molecule has 22 heavy (non-hydrogen) atoms. The predicted molar refractivity (Wildman–Crippen MR) is 80.3 cm³/mol. The molecule has 1 aliphatic heterocycles. The highest BCUT2D eigenvalue weighted by Crippen LogP contribution is 2.29. The van der Waals surface area contributed by atoms with Crippen LogP contribution in [0.3, 0.4) is 0 Å².